The largest absolute Gasteiger partial charge is 0.490 e. The van der Waals surface area contributed by atoms with Gasteiger partial charge in [0.2, 0.25) is 5.91 Å². The van der Waals surface area contributed by atoms with E-state index in [0.717, 1.165) is 35.4 Å². The lowest BCUT2D eigenvalue weighted by Gasteiger charge is -2.14. The second-order valence-electron chi connectivity index (χ2n) is 7.57. The van der Waals surface area contributed by atoms with Gasteiger partial charge in [-0.1, -0.05) is 24.3 Å². The predicted molar refractivity (Wildman–Crippen MR) is 113 cm³/mol. The zero-order valence-corrected chi connectivity index (χ0v) is 16.6. The van der Waals surface area contributed by atoms with Crippen LogP contribution >= 0.6 is 0 Å². The fraction of sp³-hybridized carbons (Fsp3) is 0.333. The molecule has 4 rings (SSSR count). The molecule has 0 saturated heterocycles. The third-order valence-corrected chi connectivity index (χ3v) is 5.34. The van der Waals surface area contributed by atoms with Gasteiger partial charge < -0.3 is 10.1 Å². The van der Waals surface area contributed by atoms with Gasteiger partial charge in [0.25, 0.3) is 0 Å². The lowest BCUT2D eigenvalue weighted by Crippen LogP contribution is -2.23. The van der Waals surface area contributed by atoms with Crippen molar-refractivity contribution in [3.05, 3.63) is 78.1 Å². The molecule has 0 spiro atoms. The van der Waals surface area contributed by atoms with Crippen LogP contribution in [0.15, 0.2) is 67.0 Å². The van der Waals surface area contributed by atoms with E-state index in [4.69, 9.17) is 4.74 Å². The Morgan fingerprint density at radius 3 is 2.66 bits per heavy atom. The van der Waals surface area contributed by atoms with E-state index in [1.807, 2.05) is 53.3 Å². The zero-order valence-electron chi connectivity index (χ0n) is 16.6. The molecule has 1 amide bonds. The first kappa shape index (κ1) is 19.2. The number of carbonyl (C=O) groups is 1. The van der Waals surface area contributed by atoms with Crippen molar-refractivity contribution >= 4 is 5.91 Å². The van der Waals surface area contributed by atoms with E-state index >= 15 is 0 Å². The molecule has 150 valence electrons. The molecule has 1 aliphatic rings. The Morgan fingerprint density at radius 1 is 1.07 bits per heavy atom. The second kappa shape index (κ2) is 9.41. The first-order chi connectivity index (χ1) is 14.3. The van der Waals surface area contributed by atoms with Crippen LogP contribution in [0.4, 0.5) is 0 Å². The number of nitrogens with one attached hydrogen (secondary N) is 1. The third-order valence-electron chi connectivity index (χ3n) is 5.34. The molecule has 1 aromatic heterocycles. The number of carbonyl (C=O) groups excluding carboxylic acids is 1. The number of benzene rings is 2. The number of ether oxygens (including phenoxy) is 1. The minimum atomic E-state index is 0.0586. The zero-order chi connectivity index (χ0) is 19.9. The van der Waals surface area contributed by atoms with Crippen LogP contribution in [0.5, 0.6) is 5.75 Å². The van der Waals surface area contributed by atoms with Gasteiger partial charge in [-0.15, -0.1) is 0 Å². The maximum absolute atomic E-state index is 12.3. The van der Waals surface area contributed by atoms with Crippen LogP contribution in [0.25, 0.3) is 5.69 Å². The summed E-state index contributed by atoms with van der Waals surface area (Å²) in [6.07, 6.45) is 10.0. The molecule has 0 unspecified atom stereocenters. The fourth-order valence-corrected chi connectivity index (χ4v) is 3.71. The summed E-state index contributed by atoms with van der Waals surface area (Å²) in [5, 5.41) is 7.22. The van der Waals surface area contributed by atoms with E-state index in [9.17, 15) is 4.79 Å². The standard InChI is InChI=1S/C24H27N3O2/c28-24(25-18-20-9-12-21(13-10-20)27-16-4-15-26-27)14-11-19-5-3-8-23(17-19)29-22-6-1-2-7-22/h3-5,8-10,12-13,15-17,22H,1-2,6-7,11,14,18H2,(H,25,28). The Hall–Kier alpha value is -3.08. The number of amides is 1. The van der Waals surface area contributed by atoms with Crippen LogP contribution < -0.4 is 10.1 Å². The lowest BCUT2D eigenvalue weighted by molar-refractivity contribution is -0.121. The summed E-state index contributed by atoms with van der Waals surface area (Å²) >= 11 is 0. The van der Waals surface area contributed by atoms with Crippen molar-refractivity contribution < 1.29 is 9.53 Å². The topological polar surface area (TPSA) is 56.1 Å². The van der Waals surface area contributed by atoms with Crippen molar-refractivity contribution in [3.63, 3.8) is 0 Å². The molecule has 2 aromatic carbocycles. The highest BCUT2D eigenvalue weighted by Crippen LogP contribution is 2.24. The van der Waals surface area contributed by atoms with Gasteiger partial charge in [0.15, 0.2) is 0 Å². The Balaban J connectivity index is 1.23. The molecule has 5 heteroatoms. The Kier molecular flexibility index (Phi) is 6.25. The highest BCUT2D eigenvalue weighted by Gasteiger charge is 2.16. The minimum Gasteiger partial charge on any atom is -0.490 e. The van der Waals surface area contributed by atoms with E-state index < -0.39 is 0 Å². The molecular weight excluding hydrogens is 362 g/mol. The van der Waals surface area contributed by atoms with Crippen LogP contribution in [0, 0.1) is 0 Å². The highest BCUT2D eigenvalue weighted by atomic mass is 16.5. The van der Waals surface area contributed by atoms with Crippen LogP contribution in [-0.2, 0) is 17.8 Å². The maximum Gasteiger partial charge on any atom is 0.220 e. The number of hydrogen-bond donors (Lipinski definition) is 1. The smallest absolute Gasteiger partial charge is 0.220 e. The van der Waals surface area contributed by atoms with Crippen LogP contribution in [0.2, 0.25) is 0 Å². The molecule has 0 radical (unpaired) electrons. The molecule has 29 heavy (non-hydrogen) atoms. The minimum absolute atomic E-state index is 0.0586. The third kappa shape index (κ3) is 5.47. The maximum atomic E-state index is 12.3. The van der Waals surface area contributed by atoms with Crippen LogP contribution in [0.1, 0.15) is 43.2 Å². The number of hydrogen-bond acceptors (Lipinski definition) is 3. The summed E-state index contributed by atoms with van der Waals surface area (Å²) < 4.78 is 7.87. The number of aromatic nitrogens is 2. The average molecular weight is 389 g/mol. The SMILES string of the molecule is O=C(CCc1cccc(OC2CCCC2)c1)NCc1ccc(-n2cccn2)cc1. The number of rotatable bonds is 8. The Morgan fingerprint density at radius 2 is 1.90 bits per heavy atom. The van der Waals surface area contributed by atoms with Gasteiger partial charge in [-0.3, -0.25) is 4.79 Å². The van der Waals surface area contributed by atoms with Crippen molar-refractivity contribution in [2.45, 2.75) is 51.2 Å². The summed E-state index contributed by atoms with van der Waals surface area (Å²) in [6, 6.07) is 18.1. The Labute approximate surface area is 171 Å². The van der Waals surface area contributed by atoms with Crippen molar-refractivity contribution in [3.8, 4) is 11.4 Å². The molecule has 3 aromatic rings. The molecule has 0 atom stereocenters. The van der Waals surface area contributed by atoms with Gasteiger partial charge in [0.1, 0.15) is 5.75 Å². The molecule has 1 N–H and O–H groups in total. The second-order valence-corrected chi connectivity index (χ2v) is 7.57. The van der Waals surface area contributed by atoms with Crippen molar-refractivity contribution in [1.82, 2.24) is 15.1 Å². The van der Waals surface area contributed by atoms with E-state index in [2.05, 4.69) is 22.5 Å². The monoisotopic (exact) mass is 389 g/mol. The van der Waals surface area contributed by atoms with Gasteiger partial charge >= 0.3 is 0 Å². The molecule has 1 aliphatic carbocycles. The quantitative estimate of drug-likeness (QED) is 0.620. The summed E-state index contributed by atoms with van der Waals surface area (Å²) in [4.78, 5) is 12.3. The molecule has 5 nitrogen and oxygen atoms in total. The molecule has 1 heterocycles. The fourth-order valence-electron chi connectivity index (χ4n) is 3.71. The molecule has 1 saturated carbocycles. The summed E-state index contributed by atoms with van der Waals surface area (Å²) in [7, 11) is 0. The highest BCUT2D eigenvalue weighted by molar-refractivity contribution is 5.76. The van der Waals surface area contributed by atoms with Gasteiger partial charge in [-0.2, -0.15) is 5.10 Å². The normalized spacial score (nSPS) is 14.1. The molecular formula is C24H27N3O2. The Bertz CT molecular complexity index is 914. The number of nitrogens with zero attached hydrogens (tertiary/aromatic N) is 2. The van der Waals surface area contributed by atoms with E-state index in [1.54, 1.807) is 6.20 Å². The van der Waals surface area contributed by atoms with Gasteiger partial charge in [0.05, 0.1) is 11.8 Å². The first-order valence-electron chi connectivity index (χ1n) is 10.4. The van der Waals surface area contributed by atoms with Gasteiger partial charge in [-0.05, 0) is 73.6 Å². The summed E-state index contributed by atoms with van der Waals surface area (Å²) in [5.41, 5.74) is 3.21. The first-order valence-corrected chi connectivity index (χ1v) is 10.4. The molecule has 0 bridgehead atoms. The predicted octanol–water partition coefficient (Wildman–Crippen LogP) is 4.44. The van der Waals surface area contributed by atoms with E-state index in [-0.39, 0.29) is 5.91 Å². The van der Waals surface area contributed by atoms with Gasteiger partial charge in [0, 0.05) is 25.4 Å². The van der Waals surface area contributed by atoms with Crippen LogP contribution in [0.3, 0.4) is 0 Å². The number of aryl methyl sites for hydroxylation is 1. The van der Waals surface area contributed by atoms with Gasteiger partial charge in [-0.25, -0.2) is 4.68 Å². The van der Waals surface area contributed by atoms with Crippen molar-refractivity contribution in [2.75, 3.05) is 0 Å². The lowest BCUT2D eigenvalue weighted by atomic mass is 10.1. The van der Waals surface area contributed by atoms with E-state index in [0.29, 0.717) is 25.5 Å². The summed E-state index contributed by atoms with van der Waals surface area (Å²) in [6.45, 7) is 0.531. The van der Waals surface area contributed by atoms with Crippen LogP contribution in [-0.4, -0.2) is 21.8 Å². The van der Waals surface area contributed by atoms with Crippen molar-refractivity contribution in [1.29, 1.82) is 0 Å². The summed E-state index contributed by atoms with van der Waals surface area (Å²) in [5.74, 6) is 0.982. The molecule has 0 aliphatic heterocycles. The molecule has 1 fully saturated rings. The van der Waals surface area contributed by atoms with Crippen molar-refractivity contribution in [2.24, 2.45) is 0 Å². The van der Waals surface area contributed by atoms with E-state index in [1.165, 1.54) is 12.8 Å². The average Bonchev–Trinajstić information content (AvgIpc) is 3.46.